The third-order valence-corrected chi connectivity index (χ3v) is 3.93. The van der Waals surface area contributed by atoms with Gasteiger partial charge in [0.2, 0.25) is 0 Å². The van der Waals surface area contributed by atoms with Crippen LogP contribution in [-0.2, 0) is 0 Å². The van der Waals surface area contributed by atoms with Gasteiger partial charge in [-0.05, 0) is 40.5 Å². The minimum Gasteiger partial charge on any atom is -0.316 e. The molecule has 0 aliphatic heterocycles. The quantitative estimate of drug-likeness (QED) is 0.678. The number of nitro benzene ring substituents is 1. The fourth-order valence-electron chi connectivity index (χ4n) is 1.52. The highest BCUT2D eigenvalue weighted by Crippen LogP contribution is 2.27. The number of amides is 1. The van der Waals surface area contributed by atoms with E-state index in [0.29, 0.717) is 5.56 Å². The van der Waals surface area contributed by atoms with Gasteiger partial charge in [-0.25, -0.2) is 0 Å². The molecule has 0 bridgehead atoms. The summed E-state index contributed by atoms with van der Waals surface area (Å²) in [6.07, 6.45) is 0. The smallest absolute Gasteiger partial charge is 0.293 e. The predicted octanol–water partition coefficient (Wildman–Crippen LogP) is 3.98. The van der Waals surface area contributed by atoms with Crippen molar-refractivity contribution in [2.45, 2.75) is 6.92 Å². The summed E-state index contributed by atoms with van der Waals surface area (Å²) in [5.74, 6) is -0.367. The molecule has 0 atom stereocenters. The number of nitrogens with zero attached hydrogens (tertiary/aromatic N) is 1. The molecule has 5 nitrogen and oxygen atoms in total. The molecule has 0 aliphatic carbocycles. The normalized spacial score (nSPS) is 10.2. The van der Waals surface area contributed by atoms with Gasteiger partial charge in [0.25, 0.3) is 11.6 Å². The van der Waals surface area contributed by atoms with Crippen LogP contribution in [0, 0.1) is 17.0 Å². The Bertz CT molecular complexity index is 654. The Balaban J connectivity index is 2.28. The van der Waals surface area contributed by atoms with Gasteiger partial charge in [0.05, 0.1) is 14.3 Å². The lowest BCUT2D eigenvalue weighted by atomic mass is 10.2. The summed E-state index contributed by atoms with van der Waals surface area (Å²) in [4.78, 5) is 22.4. The Morgan fingerprint density at radius 2 is 2.16 bits per heavy atom. The fourth-order valence-corrected chi connectivity index (χ4v) is 2.66. The van der Waals surface area contributed by atoms with E-state index >= 15 is 0 Å². The monoisotopic (exact) mass is 340 g/mol. The second kappa shape index (κ2) is 5.50. The number of thiophene rings is 1. The van der Waals surface area contributed by atoms with E-state index in [0.717, 1.165) is 9.35 Å². The fraction of sp³-hybridized carbons (Fsp3) is 0.0833. The molecule has 0 saturated heterocycles. The van der Waals surface area contributed by atoms with Crippen LogP contribution in [-0.4, -0.2) is 10.8 Å². The maximum Gasteiger partial charge on any atom is 0.293 e. The van der Waals surface area contributed by atoms with Crippen molar-refractivity contribution in [2.24, 2.45) is 0 Å². The van der Waals surface area contributed by atoms with Crippen molar-refractivity contribution < 1.29 is 9.72 Å². The van der Waals surface area contributed by atoms with E-state index in [1.807, 2.05) is 0 Å². The Morgan fingerprint density at radius 1 is 1.42 bits per heavy atom. The van der Waals surface area contributed by atoms with E-state index in [9.17, 15) is 14.9 Å². The summed E-state index contributed by atoms with van der Waals surface area (Å²) in [6, 6.07) is 6.35. The van der Waals surface area contributed by atoms with Crippen LogP contribution < -0.4 is 5.32 Å². The molecule has 2 rings (SSSR count). The zero-order valence-corrected chi connectivity index (χ0v) is 12.2. The summed E-state index contributed by atoms with van der Waals surface area (Å²) in [5.41, 5.74) is 1.32. The average Bonchev–Trinajstić information content (AvgIpc) is 2.78. The number of nitro groups is 1. The first-order valence-corrected chi connectivity index (χ1v) is 6.95. The number of nitrogens with one attached hydrogen (secondary N) is 1. The summed E-state index contributed by atoms with van der Waals surface area (Å²) >= 11 is 4.64. The number of benzene rings is 1. The minimum atomic E-state index is -0.508. The molecule has 98 valence electrons. The first-order valence-electron chi connectivity index (χ1n) is 5.28. The molecule has 7 heteroatoms. The molecule has 19 heavy (non-hydrogen) atoms. The molecule has 0 radical (unpaired) electrons. The van der Waals surface area contributed by atoms with Crippen LogP contribution in [0.2, 0.25) is 0 Å². The van der Waals surface area contributed by atoms with Crippen LogP contribution in [0.4, 0.5) is 11.4 Å². The van der Waals surface area contributed by atoms with Gasteiger partial charge in [0, 0.05) is 11.4 Å². The maximum atomic E-state index is 11.9. The zero-order chi connectivity index (χ0) is 14.0. The highest BCUT2D eigenvalue weighted by molar-refractivity contribution is 9.11. The first kappa shape index (κ1) is 13.7. The highest BCUT2D eigenvalue weighted by Gasteiger charge is 2.17. The van der Waals surface area contributed by atoms with Crippen molar-refractivity contribution in [3.8, 4) is 0 Å². The first-order chi connectivity index (χ1) is 8.97. The van der Waals surface area contributed by atoms with Gasteiger partial charge in [-0.2, -0.15) is 0 Å². The second-order valence-electron chi connectivity index (χ2n) is 3.87. The number of halogens is 1. The van der Waals surface area contributed by atoms with Crippen LogP contribution in [0.3, 0.4) is 0 Å². The van der Waals surface area contributed by atoms with Crippen molar-refractivity contribution in [3.05, 3.63) is 54.7 Å². The van der Waals surface area contributed by atoms with E-state index in [4.69, 9.17) is 0 Å². The van der Waals surface area contributed by atoms with Crippen LogP contribution in [0.1, 0.15) is 15.9 Å². The second-order valence-corrected chi connectivity index (χ2v) is 6.16. The third kappa shape index (κ3) is 3.18. The number of rotatable bonds is 3. The number of aryl methyl sites for hydroxylation is 1. The van der Waals surface area contributed by atoms with Crippen molar-refractivity contribution >= 4 is 44.5 Å². The lowest BCUT2D eigenvalue weighted by Crippen LogP contribution is -2.12. The maximum absolute atomic E-state index is 11.9. The van der Waals surface area contributed by atoms with Crippen molar-refractivity contribution in [1.82, 2.24) is 0 Å². The number of carbonyl (C=O) groups is 1. The number of hydrogen-bond donors (Lipinski definition) is 1. The number of hydrogen-bond acceptors (Lipinski definition) is 4. The van der Waals surface area contributed by atoms with Crippen LogP contribution in [0.25, 0.3) is 0 Å². The van der Waals surface area contributed by atoms with Crippen molar-refractivity contribution in [2.75, 3.05) is 5.32 Å². The molecular formula is C12H9BrN2O3S. The van der Waals surface area contributed by atoms with E-state index < -0.39 is 4.92 Å². The molecule has 0 aliphatic rings. The van der Waals surface area contributed by atoms with E-state index in [1.54, 1.807) is 24.4 Å². The van der Waals surface area contributed by atoms with Gasteiger partial charge in [-0.1, -0.05) is 6.07 Å². The highest BCUT2D eigenvalue weighted by atomic mass is 79.9. The molecule has 1 aromatic carbocycles. The SMILES string of the molecule is Cc1ccc(NC(=O)c2csc(Br)c2)c([N+](=O)[O-])c1. The van der Waals surface area contributed by atoms with Gasteiger partial charge < -0.3 is 5.32 Å². The topological polar surface area (TPSA) is 72.2 Å². The Morgan fingerprint density at radius 3 is 2.74 bits per heavy atom. The summed E-state index contributed by atoms with van der Waals surface area (Å²) in [5, 5.41) is 15.2. The van der Waals surface area contributed by atoms with Gasteiger partial charge in [0.15, 0.2) is 0 Å². The minimum absolute atomic E-state index is 0.109. The van der Waals surface area contributed by atoms with Crippen LogP contribution in [0.5, 0.6) is 0 Å². The standard InChI is InChI=1S/C12H9BrN2O3S/c1-7-2-3-9(10(4-7)15(17)18)14-12(16)8-5-11(13)19-6-8/h2-6H,1H3,(H,14,16). The van der Waals surface area contributed by atoms with Gasteiger partial charge in [-0.3, -0.25) is 14.9 Å². The largest absolute Gasteiger partial charge is 0.316 e. The average molecular weight is 341 g/mol. The summed E-state index contributed by atoms with van der Waals surface area (Å²) in [6.45, 7) is 1.76. The van der Waals surface area contributed by atoms with Crippen LogP contribution >= 0.6 is 27.3 Å². The Hall–Kier alpha value is -1.73. The molecular weight excluding hydrogens is 332 g/mol. The molecule has 0 spiro atoms. The molecule has 0 saturated carbocycles. The molecule has 0 unspecified atom stereocenters. The lowest BCUT2D eigenvalue weighted by Gasteiger charge is -2.05. The number of anilines is 1. The molecule has 1 aromatic heterocycles. The van der Waals surface area contributed by atoms with Crippen molar-refractivity contribution in [1.29, 1.82) is 0 Å². The van der Waals surface area contributed by atoms with Gasteiger partial charge in [0.1, 0.15) is 5.69 Å². The Labute approximate surface area is 121 Å². The predicted molar refractivity (Wildman–Crippen MR) is 77.8 cm³/mol. The molecule has 1 amide bonds. The van der Waals surface area contributed by atoms with Gasteiger partial charge >= 0.3 is 0 Å². The van der Waals surface area contributed by atoms with E-state index in [2.05, 4.69) is 21.2 Å². The Kier molecular flexibility index (Phi) is 3.96. The summed E-state index contributed by atoms with van der Waals surface area (Å²) in [7, 11) is 0. The van der Waals surface area contributed by atoms with E-state index in [-0.39, 0.29) is 17.3 Å². The molecule has 2 aromatic rings. The summed E-state index contributed by atoms with van der Waals surface area (Å²) < 4.78 is 0.830. The van der Waals surface area contributed by atoms with Crippen molar-refractivity contribution in [3.63, 3.8) is 0 Å². The zero-order valence-electron chi connectivity index (χ0n) is 9.84. The molecule has 1 N–H and O–H groups in total. The van der Waals surface area contributed by atoms with Gasteiger partial charge in [-0.15, -0.1) is 11.3 Å². The lowest BCUT2D eigenvalue weighted by molar-refractivity contribution is -0.384. The third-order valence-electron chi connectivity index (χ3n) is 2.43. The number of carbonyl (C=O) groups excluding carboxylic acids is 1. The van der Waals surface area contributed by atoms with Crippen LogP contribution in [0.15, 0.2) is 33.4 Å². The molecule has 0 fully saturated rings. The molecule has 1 heterocycles. The van der Waals surface area contributed by atoms with E-state index in [1.165, 1.54) is 23.5 Å².